The summed E-state index contributed by atoms with van der Waals surface area (Å²) in [4.78, 5) is 25.6. The molecule has 0 radical (unpaired) electrons. The topological polar surface area (TPSA) is 67.9 Å². The number of nitrogens with zero attached hydrogens (tertiary/aromatic N) is 1. The van der Waals surface area contributed by atoms with E-state index < -0.39 is 0 Å². The van der Waals surface area contributed by atoms with Crippen molar-refractivity contribution in [1.29, 1.82) is 0 Å². The van der Waals surface area contributed by atoms with Crippen molar-refractivity contribution >= 4 is 23.6 Å². The predicted octanol–water partition coefficient (Wildman–Crippen LogP) is 2.87. The second kappa shape index (κ2) is 7.53. The van der Waals surface area contributed by atoms with Crippen LogP contribution in [0.3, 0.4) is 0 Å². The van der Waals surface area contributed by atoms with E-state index in [-0.39, 0.29) is 18.6 Å². The Morgan fingerprint density at radius 1 is 1.11 bits per heavy atom. The first-order valence-electron chi connectivity index (χ1n) is 8.94. The maximum absolute atomic E-state index is 12.0. The van der Waals surface area contributed by atoms with E-state index in [1.807, 2.05) is 42.5 Å². The lowest BCUT2D eigenvalue weighted by Gasteiger charge is -2.15. The van der Waals surface area contributed by atoms with E-state index in [1.165, 1.54) is 6.08 Å². The summed E-state index contributed by atoms with van der Waals surface area (Å²) < 4.78 is 10.6. The number of hydrogen-bond donors (Lipinski definition) is 1. The van der Waals surface area contributed by atoms with Gasteiger partial charge in [-0.25, -0.2) is 0 Å². The van der Waals surface area contributed by atoms with Crippen molar-refractivity contribution < 1.29 is 19.1 Å². The quantitative estimate of drug-likeness (QED) is 0.829. The summed E-state index contributed by atoms with van der Waals surface area (Å²) in [5, 5.41) is 2.85. The molecular formula is C21H20N2O4. The molecule has 138 valence electrons. The average molecular weight is 364 g/mol. The molecule has 4 rings (SSSR count). The Morgan fingerprint density at radius 2 is 1.93 bits per heavy atom. The van der Waals surface area contributed by atoms with E-state index in [4.69, 9.17) is 9.47 Å². The zero-order chi connectivity index (χ0) is 18.6. The van der Waals surface area contributed by atoms with Gasteiger partial charge in [-0.1, -0.05) is 18.2 Å². The predicted molar refractivity (Wildman–Crippen MR) is 101 cm³/mol. The molecule has 2 aliphatic heterocycles. The molecule has 0 bridgehead atoms. The van der Waals surface area contributed by atoms with Crippen molar-refractivity contribution in [3.63, 3.8) is 0 Å². The number of carbonyl (C=O) groups excluding carboxylic acids is 2. The lowest BCUT2D eigenvalue weighted by Crippen LogP contribution is -2.23. The van der Waals surface area contributed by atoms with Crippen LogP contribution in [0.4, 0.5) is 5.69 Å². The highest BCUT2D eigenvalue weighted by atomic mass is 16.7. The van der Waals surface area contributed by atoms with Crippen molar-refractivity contribution in [1.82, 2.24) is 5.32 Å². The smallest absolute Gasteiger partial charge is 0.244 e. The molecule has 2 aromatic rings. The van der Waals surface area contributed by atoms with Crippen LogP contribution in [0.15, 0.2) is 48.5 Å². The number of anilines is 1. The van der Waals surface area contributed by atoms with Crippen molar-refractivity contribution in [2.75, 3.05) is 18.2 Å². The van der Waals surface area contributed by atoms with Gasteiger partial charge >= 0.3 is 0 Å². The highest BCUT2D eigenvalue weighted by Crippen LogP contribution is 2.32. The average Bonchev–Trinajstić information content (AvgIpc) is 3.33. The second-order valence-electron chi connectivity index (χ2n) is 6.48. The minimum atomic E-state index is -0.175. The standard InChI is InChI=1S/C21H20N2O4/c24-20(22-13-16-5-9-18-19(12-16)27-14-26-18)10-6-15-3-7-17(8-4-15)23-11-1-2-21(23)25/h3-10,12H,1-2,11,13-14H2,(H,22,24). The molecule has 27 heavy (non-hydrogen) atoms. The van der Waals surface area contributed by atoms with Crippen LogP contribution < -0.4 is 19.7 Å². The van der Waals surface area contributed by atoms with Gasteiger partial charge in [0.25, 0.3) is 0 Å². The number of rotatable bonds is 5. The Morgan fingerprint density at radius 3 is 2.70 bits per heavy atom. The maximum atomic E-state index is 12.0. The van der Waals surface area contributed by atoms with Crippen molar-refractivity contribution in [3.8, 4) is 11.5 Å². The number of nitrogens with one attached hydrogen (secondary N) is 1. The van der Waals surface area contributed by atoms with Crippen molar-refractivity contribution in [3.05, 3.63) is 59.7 Å². The normalized spacial score (nSPS) is 15.6. The number of benzene rings is 2. The minimum Gasteiger partial charge on any atom is -0.454 e. The van der Waals surface area contributed by atoms with Gasteiger partial charge in [0.05, 0.1) is 0 Å². The van der Waals surface area contributed by atoms with Crippen LogP contribution in [0.5, 0.6) is 11.5 Å². The summed E-state index contributed by atoms with van der Waals surface area (Å²) in [6, 6.07) is 13.2. The van der Waals surface area contributed by atoms with Gasteiger partial charge in [-0.2, -0.15) is 0 Å². The zero-order valence-electron chi connectivity index (χ0n) is 14.8. The first-order chi connectivity index (χ1) is 13.2. The molecule has 0 aliphatic carbocycles. The number of amides is 2. The van der Waals surface area contributed by atoms with Crippen LogP contribution in [0.25, 0.3) is 6.08 Å². The molecule has 0 atom stereocenters. The fourth-order valence-electron chi connectivity index (χ4n) is 3.16. The van der Waals surface area contributed by atoms with E-state index in [0.717, 1.165) is 35.5 Å². The molecule has 1 saturated heterocycles. The molecule has 6 heteroatoms. The van der Waals surface area contributed by atoms with Gasteiger partial charge < -0.3 is 19.7 Å². The molecule has 1 N–H and O–H groups in total. The summed E-state index contributed by atoms with van der Waals surface area (Å²) in [5.41, 5.74) is 2.76. The molecule has 0 spiro atoms. The monoisotopic (exact) mass is 364 g/mol. The summed E-state index contributed by atoms with van der Waals surface area (Å²) >= 11 is 0. The molecule has 2 aliphatic rings. The second-order valence-corrected chi connectivity index (χ2v) is 6.48. The zero-order valence-corrected chi connectivity index (χ0v) is 14.8. The number of ether oxygens (including phenoxy) is 2. The SMILES string of the molecule is O=C(C=Cc1ccc(N2CCCC2=O)cc1)NCc1ccc2c(c1)OCO2. The molecule has 0 saturated carbocycles. The van der Waals surface area contributed by atoms with Crippen LogP contribution in [-0.2, 0) is 16.1 Å². The molecule has 1 fully saturated rings. The van der Waals surface area contributed by atoms with Gasteiger partial charge in [-0.15, -0.1) is 0 Å². The molecule has 2 heterocycles. The van der Waals surface area contributed by atoms with E-state index in [0.29, 0.717) is 18.7 Å². The Bertz CT molecular complexity index is 890. The number of carbonyl (C=O) groups is 2. The third kappa shape index (κ3) is 3.95. The van der Waals surface area contributed by atoms with Gasteiger partial charge in [0, 0.05) is 31.3 Å². The van der Waals surface area contributed by atoms with Crippen LogP contribution in [-0.4, -0.2) is 25.2 Å². The highest BCUT2D eigenvalue weighted by Gasteiger charge is 2.21. The number of fused-ring (bicyclic) bond motifs is 1. The Hall–Kier alpha value is -3.28. The fraction of sp³-hybridized carbons (Fsp3) is 0.238. The molecular weight excluding hydrogens is 344 g/mol. The largest absolute Gasteiger partial charge is 0.454 e. The van der Waals surface area contributed by atoms with Crippen molar-refractivity contribution in [2.24, 2.45) is 0 Å². The summed E-state index contributed by atoms with van der Waals surface area (Å²) in [6.07, 6.45) is 4.78. The molecule has 0 unspecified atom stereocenters. The van der Waals surface area contributed by atoms with Crippen LogP contribution in [0, 0.1) is 0 Å². The maximum Gasteiger partial charge on any atom is 0.244 e. The molecule has 6 nitrogen and oxygen atoms in total. The third-order valence-electron chi connectivity index (χ3n) is 4.61. The lowest BCUT2D eigenvalue weighted by molar-refractivity contribution is -0.117. The highest BCUT2D eigenvalue weighted by molar-refractivity contribution is 5.95. The van der Waals surface area contributed by atoms with E-state index in [9.17, 15) is 9.59 Å². The molecule has 2 aromatic carbocycles. The van der Waals surface area contributed by atoms with E-state index in [1.54, 1.807) is 11.0 Å². The van der Waals surface area contributed by atoms with Crippen LogP contribution in [0.1, 0.15) is 24.0 Å². The number of hydrogen-bond acceptors (Lipinski definition) is 4. The Balaban J connectivity index is 1.31. The molecule has 0 aromatic heterocycles. The summed E-state index contributed by atoms with van der Waals surface area (Å²) in [7, 11) is 0. The van der Waals surface area contributed by atoms with Crippen LogP contribution in [0.2, 0.25) is 0 Å². The van der Waals surface area contributed by atoms with Gasteiger partial charge in [-0.3, -0.25) is 9.59 Å². The Kier molecular flexibility index (Phi) is 4.78. The first-order valence-corrected chi connectivity index (χ1v) is 8.94. The Labute approximate surface area is 157 Å². The fourth-order valence-corrected chi connectivity index (χ4v) is 3.16. The van der Waals surface area contributed by atoms with Gasteiger partial charge in [0.1, 0.15) is 0 Å². The van der Waals surface area contributed by atoms with Gasteiger partial charge in [0.2, 0.25) is 18.6 Å². The molecule has 2 amide bonds. The lowest BCUT2D eigenvalue weighted by atomic mass is 10.1. The van der Waals surface area contributed by atoms with Gasteiger partial charge in [-0.05, 0) is 47.9 Å². The summed E-state index contributed by atoms with van der Waals surface area (Å²) in [6.45, 7) is 1.42. The third-order valence-corrected chi connectivity index (χ3v) is 4.61. The van der Waals surface area contributed by atoms with Gasteiger partial charge in [0.15, 0.2) is 11.5 Å². The van der Waals surface area contributed by atoms with E-state index in [2.05, 4.69) is 5.32 Å². The minimum absolute atomic E-state index is 0.168. The van der Waals surface area contributed by atoms with E-state index >= 15 is 0 Å². The van der Waals surface area contributed by atoms with Crippen LogP contribution >= 0.6 is 0 Å². The summed E-state index contributed by atoms with van der Waals surface area (Å²) in [5.74, 6) is 1.42. The first kappa shape index (κ1) is 17.1. The van der Waals surface area contributed by atoms with Crippen molar-refractivity contribution in [2.45, 2.75) is 19.4 Å².